The molecule has 9 aromatic rings. The van der Waals surface area contributed by atoms with Crippen molar-refractivity contribution in [2.24, 2.45) is 0 Å². The SMILES string of the molecule is Cc1cccc(-c2nc(-c3ccccc3)c3sc4cc(-c5cccc(-n6c7ccccc7c7ccccc76)c5)ccc4c3n2)c1. The Balaban J connectivity index is 1.22. The van der Waals surface area contributed by atoms with E-state index in [9.17, 15) is 0 Å². The van der Waals surface area contributed by atoms with Gasteiger partial charge in [0.1, 0.15) is 0 Å². The van der Waals surface area contributed by atoms with Gasteiger partial charge in [0.2, 0.25) is 0 Å². The molecular weight excluding hydrogens is 567 g/mol. The van der Waals surface area contributed by atoms with E-state index in [0.29, 0.717) is 0 Å². The Morgan fingerprint density at radius 1 is 0.511 bits per heavy atom. The Bertz CT molecular complexity index is 2500. The van der Waals surface area contributed by atoms with Gasteiger partial charge in [-0.2, -0.15) is 0 Å². The van der Waals surface area contributed by atoms with Crippen LogP contribution in [0.2, 0.25) is 0 Å². The normalized spacial score (nSPS) is 11.7. The van der Waals surface area contributed by atoms with Crippen LogP contribution >= 0.6 is 11.3 Å². The van der Waals surface area contributed by atoms with Gasteiger partial charge in [0, 0.05) is 37.7 Å². The fraction of sp³-hybridized carbons (Fsp3) is 0.0244. The van der Waals surface area contributed by atoms with E-state index in [1.807, 2.05) is 6.07 Å². The lowest BCUT2D eigenvalue weighted by molar-refractivity contribution is 1.18. The number of aryl methyl sites for hydroxylation is 1. The molecule has 212 valence electrons. The van der Waals surface area contributed by atoms with E-state index < -0.39 is 0 Å². The maximum Gasteiger partial charge on any atom is 0.160 e. The summed E-state index contributed by atoms with van der Waals surface area (Å²) in [5.74, 6) is 0.757. The summed E-state index contributed by atoms with van der Waals surface area (Å²) in [5, 5.41) is 3.70. The molecule has 45 heavy (non-hydrogen) atoms. The molecule has 0 saturated carbocycles. The van der Waals surface area contributed by atoms with E-state index in [-0.39, 0.29) is 0 Å². The first kappa shape index (κ1) is 25.9. The van der Waals surface area contributed by atoms with Crippen molar-refractivity contribution >= 4 is 53.4 Å². The Morgan fingerprint density at radius 2 is 1.18 bits per heavy atom. The molecule has 0 aliphatic heterocycles. The number of hydrogen-bond donors (Lipinski definition) is 0. The Kier molecular flexibility index (Phi) is 5.90. The summed E-state index contributed by atoms with van der Waals surface area (Å²) < 4.78 is 4.70. The number of aromatic nitrogens is 3. The number of benzene rings is 6. The average Bonchev–Trinajstić information content (AvgIpc) is 3.64. The molecule has 0 aliphatic carbocycles. The Hall–Kier alpha value is -5.58. The zero-order chi connectivity index (χ0) is 29.9. The van der Waals surface area contributed by atoms with Crippen LogP contribution < -0.4 is 0 Å². The first-order valence-corrected chi connectivity index (χ1v) is 16.0. The van der Waals surface area contributed by atoms with Gasteiger partial charge in [-0.15, -0.1) is 11.3 Å². The van der Waals surface area contributed by atoms with Crippen LogP contribution in [0, 0.1) is 6.92 Å². The first-order chi connectivity index (χ1) is 22.2. The van der Waals surface area contributed by atoms with Gasteiger partial charge in [-0.25, -0.2) is 9.97 Å². The molecule has 4 heteroatoms. The van der Waals surface area contributed by atoms with E-state index in [1.54, 1.807) is 11.3 Å². The highest BCUT2D eigenvalue weighted by atomic mass is 32.1. The molecule has 9 rings (SSSR count). The fourth-order valence-electron chi connectivity index (χ4n) is 6.55. The zero-order valence-electron chi connectivity index (χ0n) is 24.6. The highest BCUT2D eigenvalue weighted by Gasteiger charge is 2.18. The number of nitrogens with zero attached hydrogens (tertiary/aromatic N) is 3. The Labute approximate surface area is 264 Å². The topological polar surface area (TPSA) is 30.7 Å². The van der Waals surface area contributed by atoms with Gasteiger partial charge in [0.15, 0.2) is 5.82 Å². The van der Waals surface area contributed by atoms with Crippen LogP contribution in [0.15, 0.2) is 146 Å². The third-order valence-electron chi connectivity index (χ3n) is 8.66. The lowest BCUT2D eigenvalue weighted by atomic mass is 10.0. The van der Waals surface area contributed by atoms with Crippen LogP contribution in [-0.2, 0) is 0 Å². The van der Waals surface area contributed by atoms with Crippen molar-refractivity contribution < 1.29 is 0 Å². The molecule has 3 aromatic heterocycles. The second kappa shape index (κ2) is 10.3. The molecular formula is C41H27N3S. The highest BCUT2D eigenvalue weighted by Crippen LogP contribution is 2.41. The minimum Gasteiger partial charge on any atom is -0.309 e. The maximum atomic E-state index is 5.17. The predicted octanol–water partition coefficient (Wildman–Crippen LogP) is 11.3. The largest absolute Gasteiger partial charge is 0.309 e. The summed E-state index contributed by atoms with van der Waals surface area (Å²) in [6.07, 6.45) is 0. The van der Waals surface area contributed by atoms with Crippen molar-refractivity contribution in [1.29, 1.82) is 0 Å². The Morgan fingerprint density at radius 3 is 1.96 bits per heavy atom. The first-order valence-electron chi connectivity index (χ1n) is 15.2. The molecule has 0 amide bonds. The fourth-order valence-corrected chi connectivity index (χ4v) is 7.74. The molecule has 3 nitrogen and oxygen atoms in total. The molecule has 0 aliphatic rings. The van der Waals surface area contributed by atoms with Gasteiger partial charge in [-0.3, -0.25) is 0 Å². The molecule has 0 fully saturated rings. The van der Waals surface area contributed by atoms with Crippen molar-refractivity contribution in [3.05, 3.63) is 151 Å². The van der Waals surface area contributed by atoms with E-state index in [4.69, 9.17) is 9.97 Å². The van der Waals surface area contributed by atoms with Crippen LogP contribution in [0.3, 0.4) is 0 Å². The number of para-hydroxylation sites is 2. The van der Waals surface area contributed by atoms with Gasteiger partial charge in [0.05, 0.1) is 26.9 Å². The summed E-state index contributed by atoms with van der Waals surface area (Å²) in [7, 11) is 0. The number of thiophene rings is 1. The van der Waals surface area contributed by atoms with Crippen LogP contribution in [0.4, 0.5) is 0 Å². The predicted molar refractivity (Wildman–Crippen MR) is 190 cm³/mol. The number of fused-ring (bicyclic) bond motifs is 6. The molecule has 0 N–H and O–H groups in total. The molecule has 0 spiro atoms. The second-order valence-electron chi connectivity index (χ2n) is 11.5. The third-order valence-corrected chi connectivity index (χ3v) is 9.80. The summed E-state index contributed by atoms with van der Waals surface area (Å²) in [6.45, 7) is 2.11. The summed E-state index contributed by atoms with van der Waals surface area (Å²) in [4.78, 5) is 10.3. The summed E-state index contributed by atoms with van der Waals surface area (Å²) in [6, 6.07) is 51.9. The van der Waals surface area contributed by atoms with Gasteiger partial charge >= 0.3 is 0 Å². The van der Waals surface area contributed by atoms with E-state index >= 15 is 0 Å². The van der Waals surface area contributed by atoms with Crippen LogP contribution in [0.5, 0.6) is 0 Å². The monoisotopic (exact) mass is 593 g/mol. The molecule has 3 heterocycles. The summed E-state index contributed by atoms with van der Waals surface area (Å²) in [5.41, 5.74) is 11.3. The molecule has 0 unspecified atom stereocenters. The van der Waals surface area contributed by atoms with E-state index in [2.05, 4.69) is 151 Å². The van der Waals surface area contributed by atoms with Crippen molar-refractivity contribution in [3.63, 3.8) is 0 Å². The average molecular weight is 594 g/mol. The third kappa shape index (κ3) is 4.26. The molecule has 0 saturated heterocycles. The highest BCUT2D eigenvalue weighted by molar-refractivity contribution is 7.26. The number of hydrogen-bond acceptors (Lipinski definition) is 3. The lowest BCUT2D eigenvalue weighted by Gasteiger charge is -2.10. The van der Waals surface area contributed by atoms with Gasteiger partial charge < -0.3 is 4.57 Å². The zero-order valence-corrected chi connectivity index (χ0v) is 25.4. The van der Waals surface area contributed by atoms with Crippen molar-refractivity contribution in [2.45, 2.75) is 6.92 Å². The smallest absolute Gasteiger partial charge is 0.160 e. The van der Waals surface area contributed by atoms with Crippen molar-refractivity contribution in [3.8, 4) is 39.5 Å². The molecule has 0 radical (unpaired) electrons. The quantitative estimate of drug-likeness (QED) is 0.203. The standard InChI is InChI=1S/C41H27N3S/c1-26-11-9-15-30(23-26)41-42-38(27-12-3-2-4-13-27)40-39(43-41)34-22-21-29(25-37(34)45-40)28-14-10-16-31(24-28)44-35-19-7-5-17-32(35)33-18-6-8-20-36(33)44/h2-25H,1H3. The van der Waals surface area contributed by atoms with Gasteiger partial charge in [-0.05, 0) is 54.4 Å². The van der Waals surface area contributed by atoms with Crippen LogP contribution in [0.25, 0.3) is 81.6 Å². The van der Waals surface area contributed by atoms with Crippen molar-refractivity contribution in [2.75, 3.05) is 0 Å². The van der Waals surface area contributed by atoms with Crippen LogP contribution in [0.1, 0.15) is 5.56 Å². The maximum absolute atomic E-state index is 5.17. The molecule has 0 bridgehead atoms. The lowest BCUT2D eigenvalue weighted by Crippen LogP contribution is -1.94. The minimum absolute atomic E-state index is 0.757. The van der Waals surface area contributed by atoms with Gasteiger partial charge in [-0.1, -0.05) is 115 Å². The second-order valence-corrected chi connectivity index (χ2v) is 12.6. The van der Waals surface area contributed by atoms with Crippen LogP contribution in [-0.4, -0.2) is 14.5 Å². The van der Waals surface area contributed by atoms with Gasteiger partial charge in [0.25, 0.3) is 0 Å². The molecule has 0 atom stereocenters. The van der Waals surface area contributed by atoms with Crippen molar-refractivity contribution in [1.82, 2.24) is 14.5 Å². The molecule has 6 aromatic carbocycles. The summed E-state index contributed by atoms with van der Waals surface area (Å²) >= 11 is 1.77. The number of rotatable bonds is 4. The minimum atomic E-state index is 0.757. The van der Waals surface area contributed by atoms with E-state index in [0.717, 1.165) is 43.9 Å². The van der Waals surface area contributed by atoms with E-state index in [1.165, 1.54) is 43.2 Å².